The van der Waals surface area contributed by atoms with Gasteiger partial charge in [0.05, 0.1) is 40.5 Å². The molecule has 3 atom stereocenters. The number of nitrogens with zero attached hydrogens (tertiary/aromatic N) is 7. The second kappa shape index (κ2) is 20.3. The Morgan fingerprint density at radius 3 is 2.50 bits per heavy atom. The van der Waals surface area contributed by atoms with E-state index in [0.717, 1.165) is 69.4 Å². The maximum atomic E-state index is 13.6. The smallest absolute Gasteiger partial charge is 0.355 e. The number of carboxylic acids is 1. The first-order valence-corrected chi connectivity index (χ1v) is 25.2. The third-order valence-electron chi connectivity index (χ3n) is 14.1. The highest BCUT2D eigenvalue weighted by molar-refractivity contribution is 7.22. The van der Waals surface area contributed by atoms with Crippen LogP contribution in [0, 0.1) is 6.92 Å². The number of aromatic nitrogens is 4. The third-order valence-corrected chi connectivity index (χ3v) is 15.1. The Balaban J connectivity index is 0.728. The number of para-hydroxylation sites is 1. The van der Waals surface area contributed by atoms with Gasteiger partial charge in [0.1, 0.15) is 11.6 Å². The second-order valence-corrected chi connectivity index (χ2v) is 20.0. The number of carboxylic acid groups (broad SMARTS) is 1. The number of fused-ring (bicyclic) bond motifs is 3. The molecule has 17 nitrogen and oxygen atoms in total. The van der Waals surface area contributed by atoms with Crippen molar-refractivity contribution in [2.75, 3.05) is 54.9 Å². The van der Waals surface area contributed by atoms with Crippen molar-refractivity contribution >= 4 is 78.7 Å². The molecule has 7 aromatic rings. The summed E-state index contributed by atoms with van der Waals surface area (Å²) < 4.78 is 9.04. The van der Waals surface area contributed by atoms with Gasteiger partial charge in [0.25, 0.3) is 5.91 Å². The molecule has 4 amide bonds. The number of ether oxygens (including phenoxy) is 1. The normalized spacial score (nSPS) is 18.5. The largest absolute Gasteiger partial charge is 0.493 e. The van der Waals surface area contributed by atoms with E-state index in [1.165, 1.54) is 11.3 Å². The van der Waals surface area contributed by atoms with Gasteiger partial charge in [-0.25, -0.2) is 14.8 Å². The van der Waals surface area contributed by atoms with Gasteiger partial charge in [-0.15, -0.1) is 0 Å². The third kappa shape index (κ3) is 9.89. The molecule has 4 N–H and O–H groups in total. The minimum atomic E-state index is -1.14. The number of pyridine rings is 1. The summed E-state index contributed by atoms with van der Waals surface area (Å²) in [4.78, 5) is 80.1. The van der Waals surface area contributed by atoms with Gasteiger partial charge in [-0.3, -0.25) is 39.4 Å². The van der Waals surface area contributed by atoms with Gasteiger partial charge in [0, 0.05) is 80.5 Å². The molecule has 1 unspecified atom stereocenters. The molecule has 18 heteroatoms. The lowest BCUT2D eigenvalue weighted by molar-refractivity contribution is -0.134. The molecule has 0 saturated carbocycles. The molecule has 0 radical (unpaired) electrons. The van der Waals surface area contributed by atoms with E-state index in [1.807, 2.05) is 103 Å². The molecule has 0 bridgehead atoms. The van der Waals surface area contributed by atoms with Crippen LogP contribution in [0.4, 0.5) is 16.6 Å². The maximum absolute atomic E-state index is 13.6. The van der Waals surface area contributed by atoms with Crippen molar-refractivity contribution in [3.05, 3.63) is 125 Å². The van der Waals surface area contributed by atoms with Crippen LogP contribution in [0.25, 0.3) is 32.2 Å². The number of nitrogens with one attached hydrogen (secondary N) is 3. The molecule has 2 saturated heterocycles. The van der Waals surface area contributed by atoms with Gasteiger partial charge in [-0.1, -0.05) is 47.7 Å². The van der Waals surface area contributed by atoms with Crippen molar-refractivity contribution in [2.45, 2.75) is 71.0 Å². The zero-order valence-electron chi connectivity index (χ0n) is 40.6. The van der Waals surface area contributed by atoms with Gasteiger partial charge >= 0.3 is 5.97 Å². The number of aryl methyl sites for hydroxylation is 1. The molecule has 0 spiro atoms. The van der Waals surface area contributed by atoms with Crippen molar-refractivity contribution in [1.29, 1.82) is 0 Å². The van der Waals surface area contributed by atoms with Gasteiger partial charge in [-0.2, -0.15) is 5.10 Å². The number of thiazole rings is 1. The van der Waals surface area contributed by atoms with Crippen molar-refractivity contribution in [2.24, 2.45) is 7.05 Å². The maximum Gasteiger partial charge on any atom is 0.355 e. The van der Waals surface area contributed by atoms with Crippen LogP contribution in [0.1, 0.15) is 82.3 Å². The van der Waals surface area contributed by atoms with Crippen molar-refractivity contribution in [3.8, 4) is 16.9 Å². The predicted octanol–water partition coefficient (Wildman–Crippen LogP) is 7.39. The Hall–Kier alpha value is -7.54. The average molecular weight is 989 g/mol. The van der Waals surface area contributed by atoms with E-state index in [2.05, 4.69) is 49.7 Å². The number of hydrogen-bond acceptors (Lipinski definition) is 13. The molecule has 3 aliphatic heterocycles. The molecule has 0 aliphatic carbocycles. The zero-order chi connectivity index (χ0) is 50.2. The summed E-state index contributed by atoms with van der Waals surface area (Å²) >= 11 is 1.42. The number of hydrogen-bond donors (Lipinski definition) is 4. The summed E-state index contributed by atoms with van der Waals surface area (Å²) in [7, 11) is 1.80. The first-order chi connectivity index (χ1) is 34.8. The van der Waals surface area contributed by atoms with E-state index in [-0.39, 0.29) is 54.4 Å². The number of piperidine rings is 1. The number of amides is 4. The minimum absolute atomic E-state index is 0.0615. The zero-order valence-corrected chi connectivity index (χ0v) is 41.4. The first kappa shape index (κ1) is 48.1. The average Bonchev–Trinajstić information content (AvgIpc) is 3.93. The molecule has 3 aromatic heterocycles. The summed E-state index contributed by atoms with van der Waals surface area (Å²) in [6, 6.07) is 28.6. The molecule has 2 fully saturated rings. The topological polar surface area (TPSA) is 204 Å². The number of carbonyl (C=O) groups excluding carboxylic acids is 4. The Kier molecular flexibility index (Phi) is 13.6. The van der Waals surface area contributed by atoms with E-state index >= 15 is 0 Å². The lowest BCUT2D eigenvalue weighted by Crippen LogP contribution is -2.58. The molecule has 6 heterocycles. The van der Waals surface area contributed by atoms with Crippen LogP contribution in [0.5, 0.6) is 5.75 Å². The fourth-order valence-corrected chi connectivity index (χ4v) is 11.4. The Bertz CT molecular complexity index is 3230. The van der Waals surface area contributed by atoms with Crippen LogP contribution in [0.2, 0.25) is 0 Å². The molecule has 3 aliphatic rings. The first-order valence-electron chi connectivity index (χ1n) is 24.4. The fourth-order valence-electron chi connectivity index (χ4n) is 10.5. The van der Waals surface area contributed by atoms with Crippen LogP contribution < -0.4 is 25.6 Å². The van der Waals surface area contributed by atoms with Crippen LogP contribution in [-0.4, -0.2) is 116 Å². The number of anilines is 3. The monoisotopic (exact) mass is 988 g/mol. The molecular weight excluding hydrogens is 933 g/mol. The van der Waals surface area contributed by atoms with Crippen LogP contribution >= 0.6 is 11.3 Å². The predicted molar refractivity (Wildman–Crippen MR) is 277 cm³/mol. The second-order valence-electron chi connectivity index (χ2n) is 19.0. The molecule has 72 heavy (non-hydrogen) atoms. The summed E-state index contributed by atoms with van der Waals surface area (Å²) in [5, 5.41) is 24.9. The standard InChI is InChI=1S/C54H56N10O7S/c1-31-27-62(28-32(2)64(31)30-48(66)55-35-16-17-39-43(26-35)61(4)60-49(39)40-19-21-47(65)58-52(40)68)23-9-25-71-44-14-8-11-36(33(44)3)37-18-20-46(57-50(37)53(69)70)63-24-22-34-10-7-12-38(41(34)29-63)51(67)59-54-56-42-13-5-6-15-45(42)72-54/h5-8,10-18,20,26,31-32,40H,9,19,21-25,27-30H2,1-4H3,(H,55,66)(H,69,70)(H,56,59,67)(H,58,65,68)/t31-,32+,40?. The Morgan fingerprint density at radius 2 is 1.71 bits per heavy atom. The fraction of sp³-hybridized carbons (Fsp3) is 0.333. The number of imide groups is 1. The summed E-state index contributed by atoms with van der Waals surface area (Å²) in [6.45, 7) is 10.3. The number of benzene rings is 4. The Morgan fingerprint density at radius 1 is 0.903 bits per heavy atom. The van der Waals surface area contributed by atoms with E-state index < -0.39 is 11.9 Å². The van der Waals surface area contributed by atoms with Gasteiger partial charge in [0.15, 0.2) is 10.8 Å². The van der Waals surface area contributed by atoms with Crippen molar-refractivity contribution in [3.63, 3.8) is 0 Å². The van der Waals surface area contributed by atoms with Gasteiger partial charge in [0.2, 0.25) is 17.7 Å². The highest BCUT2D eigenvalue weighted by Crippen LogP contribution is 2.36. The Labute approximate surface area is 420 Å². The number of piperazine rings is 1. The van der Waals surface area contributed by atoms with Crippen LogP contribution in [0.3, 0.4) is 0 Å². The number of aromatic carboxylic acids is 1. The molecule has 4 aromatic carbocycles. The van der Waals surface area contributed by atoms with Crippen molar-refractivity contribution in [1.82, 2.24) is 34.9 Å². The summed E-state index contributed by atoms with van der Waals surface area (Å²) in [5.41, 5.74) is 7.34. The number of carbonyl (C=O) groups is 5. The lowest BCUT2D eigenvalue weighted by Gasteiger charge is -2.44. The summed E-state index contributed by atoms with van der Waals surface area (Å²) in [6.07, 6.45) is 2.12. The molecule has 370 valence electrons. The van der Waals surface area contributed by atoms with E-state index in [4.69, 9.17) is 9.72 Å². The highest BCUT2D eigenvalue weighted by atomic mass is 32.1. The summed E-state index contributed by atoms with van der Waals surface area (Å²) in [5.74, 6) is -1.42. The van der Waals surface area contributed by atoms with E-state index in [1.54, 1.807) is 11.7 Å². The molecule has 10 rings (SSSR count). The van der Waals surface area contributed by atoms with Crippen LogP contribution in [0.15, 0.2) is 91.0 Å². The van der Waals surface area contributed by atoms with E-state index in [0.29, 0.717) is 71.7 Å². The number of rotatable bonds is 14. The van der Waals surface area contributed by atoms with Gasteiger partial charge in [-0.05, 0) is 117 Å². The quantitative estimate of drug-likeness (QED) is 0.0621. The highest BCUT2D eigenvalue weighted by Gasteiger charge is 2.33. The SMILES string of the molecule is Cc1c(OCCCN2C[C@@H](C)N(CC(=O)Nc3ccc4c(C5CCC(=O)NC5=O)nn(C)c4c3)[C@@H](C)C2)cccc1-c1ccc(N2CCc3cccc(C(=O)Nc4nc5ccccc5s4)c3C2)nc1C(=O)O. The lowest BCUT2D eigenvalue weighted by atomic mass is 9.93. The van der Waals surface area contributed by atoms with Crippen LogP contribution in [-0.2, 0) is 34.4 Å². The van der Waals surface area contributed by atoms with E-state index in [9.17, 15) is 29.1 Å². The van der Waals surface area contributed by atoms with Crippen molar-refractivity contribution < 1.29 is 33.8 Å². The molecular formula is C54H56N10O7S. The minimum Gasteiger partial charge on any atom is -0.493 e. The van der Waals surface area contributed by atoms with Gasteiger partial charge < -0.3 is 25.0 Å².